The number of fused-ring (bicyclic) bond motifs is 1. The summed E-state index contributed by atoms with van der Waals surface area (Å²) in [7, 11) is 2.96. The van der Waals surface area contributed by atoms with E-state index >= 15 is 0 Å². The lowest BCUT2D eigenvalue weighted by atomic mass is 9.95. The second kappa shape index (κ2) is 6.88. The third-order valence-electron chi connectivity index (χ3n) is 5.66. The highest BCUT2D eigenvalue weighted by Crippen LogP contribution is 2.32. The first-order valence-electron chi connectivity index (χ1n) is 9.52. The van der Waals surface area contributed by atoms with Gasteiger partial charge in [-0.15, -0.1) is 0 Å². The highest BCUT2D eigenvalue weighted by atomic mass is 16.2. The first kappa shape index (κ1) is 18.4. The summed E-state index contributed by atoms with van der Waals surface area (Å²) in [6.45, 7) is 1.21. The maximum atomic E-state index is 12.6. The number of aryl methyl sites for hydroxylation is 1. The maximum Gasteiger partial charge on any atom is 0.332 e. The molecule has 9 nitrogen and oxygen atoms in total. The minimum absolute atomic E-state index is 0.138. The minimum Gasteiger partial charge on any atom is -0.342 e. The molecule has 0 aromatic carbocycles. The molecule has 1 aliphatic carbocycles. The number of carbonyl (C=O) groups excluding carboxylic acids is 2. The molecule has 2 amide bonds. The number of likely N-dealkylation sites (tertiary alicyclic amines) is 1. The van der Waals surface area contributed by atoms with Crippen molar-refractivity contribution in [3.05, 3.63) is 33.1 Å². The van der Waals surface area contributed by atoms with E-state index in [1.165, 1.54) is 17.8 Å². The van der Waals surface area contributed by atoms with Crippen molar-refractivity contribution in [2.75, 3.05) is 18.4 Å². The summed E-state index contributed by atoms with van der Waals surface area (Å²) in [4.78, 5) is 55.1. The summed E-state index contributed by atoms with van der Waals surface area (Å²) in [5.74, 6) is 0.106. The summed E-state index contributed by atoms with van der Waals surface area (Å²) >= 11 is 0. The molecule has 9 heteroatoms. The van der Waals surface area contributed by atoms with Crippen molar-refractivity contribution in [2.24, 2.45) is 25.9 Å². The Morgan fingerprint density at radius 2 is 1.71 bits per heavy atom. The molecule has 1 saturated carbocycles. The van der Waals surface area contributed by atoms with Crippen molar-refractivity contribution >= 4 is 28.5 Å². The van der Waals surface area contributed by atoms with Crippen LogP contribution in [0.1, 0.15) is 25.7 Å². The number of carbonyl (C=O) groups is 2. The Labute approximate surface area is 161 Å². The molecule has 0 radical (unpaired) electrons. The van der Waals surface area contributed by atoms with Gasteiger partial charge in [-0.1, -0.05) is 0 Å². The van der Waals surface area contributed by atoms with Crippen LogP contribution in [0.15, 0.2) is 21.9 Å². The quantitative estimate of drug-likeness (QED) is 0.813. The SMILES string of the molecule is Cn1c(=O)c2cc(NC(=O)C3CCN(C(=O)C4CC4)CC3)cnc2n(C)c1=O. The van der Waals surface area contributed by atoms with Crippen LogP contribution in [0.25, 0.3) is 11.0 Å². The molecule has 4 rings (SSSR count). The zero-order valence-corrected chi connectivity index (χ0v) is 16.0. The summed E-state index contributed by atoms with van der Waals surface area (Å²) in [6.07, 6.45) is 4.67. The van der Waals surface area contributed by atoms with E-state index in [0.717, 1.165) is 17.4 Å². The third-order valence-corrected chi connectivity index (χ3v) is 5.66. The van der Waals surface area contributed by atoms with Gasteiger partial charge in [-0.2, -0.15) is 0 Å². The molecule has 0 bridgehead atoms. The van der Waals surface area contributed by atoms with E-state index in [0.29, 0.717) is 31.6 Å². The number of hydrogen-bond acceptors (Lipinski definition) is 5. The van der Waals surface area contributed by atoms with Gasteiger partial charge in [0.2, 0.25) is 11.8 Å². The zero-order valence-electron chi connectivity index (χ0n) is 16.0. The zero-order chi connectivity index (χ0) is 20.0. The van der Waals surface area contributed by atoms with Gasteiger partial charge in [-0.3, -0.25) is 23.5 Å². The second-order valence-corrected chi connectivity index (χ2v) is 7.66. The van der Waals surface area contributed by atoms with E-state index in [1.54, 1.807) is 13.1 Å². The number of aromatic nitrogens is 3. The monoisotopic (exact) mass is 385 g/mol. The topological polar surface area (TPSA) is 106 Å². The summed E-state index contributed by atoms with van der Waals surface area (Å²) in [5.41, 5.74) is -0.203. The highest BCUT2D eigenvalue weighted by Gasteiger charge is 2.36. The number of anilines is 1. The number of nitrogens with zero attached hydrogens (tertiary/aromatic N) is 4. The van der Waals surface area contributed by atoms with Gasteiger partial charge in [0.1, 0.15) is 5.65 Å². The molecule has 0 unspecified atom stereocenters. The summed E-state index contributed by atoms with van der Waals surface area (Å²) < 4.78 is 2.32. The Balaban J connectivity index is 1.47. The molecule has 1 N–H and O–H groups in total. The molecule has 3 heterocycles. The van der Waals surface area contributed by atoms with Crippen LogP contribution in [-0.4, -0.2) is 43.9 Å². The van der Waals surface area contributed by atoms with E-state index in [1.807, 2.05) is 4.90 Å². The fraction of sp³-hybridized carbons (Fsp3) is 0.526. The van der Waals surface area contributed by atoms with E-state index in [-0.39, 0.29) is 34.7 Å². The number of pyridine rings is 1. The molecular formula is C19H23N5O4. The largest absolute Gasteiger partial charge is 0.342 e. The van der Waals surface area contributed by atoms with Crippen molar-refractivity contribution in [3.8, 4) is 0 Å². The molecule has 28 heavy (non-hydrogen) atoms. The number of piperidine rings is 1. The van der Waals surface area contributed by atoms with E-state index < -0.39 is 11.2 Å². The maximum absolute atomic E-state index is 12.6. The molecule has 1 saturated heterocycles. The first-order chi connectivity index (χ1) is 13.4. The Morgan fingerprint density at radius 3 is 2.36 bits per heavy atom. The van der Waals surface area contributed by atoms with Gasteiger partial charge >= 0.3 is 5.69 Å². The van der Waals surface area contributed by atoms with Crippen LogP contribution in [0.5, 0.6) is 0 Å². The van der Waals surface area contributed by atoms with E-state index in [2.05, 4.69) is 10.3 Å². The third kappa shape index (κ3) is 3.21. The Morgan fingerprint density at radius 1 is 1.04 bits per heavy atom. The second-order valence-electron chi connectivity index (χ2n) is 7.66. The van der Waals surface area contributed by atoms with Crippen molar-refractivity contribution in [3.63, 3.8) is 0 Å². The molecule has 0 atom stereocenters. The van der Waals surface area contributed by atoms with Gasteiger partial charge in [0.05, 0.1) is 17.3 Å². The summed E-state index contributed by atoms with van der Waals surface area (Å²) in [6, 6.07) is 1.55. The number of hydrogen-bond donors (Lipinski definition) is 1. The van der Waals surface area contributed by atoms with Crippen molar-refractivity contribution in [1.82, 2.24) is 19.0 Å². The van der Waals surface area contributed by atoms with Crippen molar-refractivity contribution < 1.29 is 9.59 Å². The van der Waals surface area contributed by atoms with Crippen LogP contribution in [0.2, 0.25) is 0 Å². The van der Waals surface area contributed by atoms with Crippen LogP contribution in [0, 0.1) is 11.8 Å². The highest BCUT2D eigenvalue weighted by molar-refractivity contribution is 5.94. The smallest absolute Gasteiger partial charge is 0.332 e. The molecule has 2 aromatic rings. The Bertz CT molecular complexity index is 1070. The lowest BCUT2D eigenvalue weighted by Gasteiger charge is -2.31. The standard InChI is InChI=1S/C19H23N5O4/c1-22-15-14(18(27)23(2)19(22)28)9-13(10-20-15)21-16(25)11-5-7-24(8-6-11)17(26)12-3-4-12/h9-12H,3-8H2,1-2H3,(H,21,25). The Kier molecular flexibility index (Phi) is 4.52. The summed E-state index contributed by atoms with van der Waals surface area (Å²) in [5, 5.41) is 3.09. The lowest BCUT2D eigenvalue weighted by Crippen LogP contribution is -2.42. The number of rotatable bonds is 3. The van der Waals surface area contributed by atoms with Crippen LogP contribution in [0.4, 0.5) is 5.69 Å². The molecular weight excluding hydrogens is 362 g/mol. The predicted octanol–water partition coefficient (Wildman–Crippen LogP) is 0.219. The average Bonchev–Trinajstić information content (AvgIpc) is 3.55. The van der Waals surface area contributed by atoms with Crippen LogP contribution in [0.3, 0.4) is 0 Å². The number of amides is 2. The van der Waals surface area contributed by atoms with E-state index in [9.17, 15) is 19.2 Å². The van der Waals surface area contributed by atoms with Gasteiger partial charge in [-0.05, 0) is 31.7 Å². The van der Waals surface area contributed by atoms with Gasteiger partial charge < -0.3 is 10.2 Å². The molecule has 0 spiro atoms. The molecule has 1 aliphatic heterocycles. The van der Waals surface area contributed by atoms with Gasteiger partial charge in [0, 0.05) is 39.0 Å². The molecule has 2 aromatic heterocycles. The fourth-order valence-corrected chi connectivity index (χ4v) is 3.73. The lowest BCUT2D eigenvalue weighted by molar-refractivity contribution is -0.135. The number of nitrogens with one attached hydrogen (secondary N) is 1. The van der Waals surface area contributed by atoms with Crippen LogP contribution >= 0.6 is 0 Å². The normalized spacial score (nSPS) is 17.7. The predicted molar refractivity (Wildman–Crippen MR) is 103 cm³/mol. The molecule has 148 valence electrons. The van der Waals surface area contributed by atoms with Gasteiger partial charge in [0.25, 0.3) is 5.56 Å². The first-order valence-corrected chi connectivity index (χ1v) is 9.52. The average molecular weight is 385 g/mol. The minimum atomic E-state index is -0.450. The fourth-order valence-electron chi connectivity index (χ4n) is 3.73. The van der Waals surface area contributed by atoms with Crippen LogP contribution in [-0.2, 0) is 23.7 Å². The Hall–Kier alpha value is -2.97. The van der Waals surface area contributed by atoms with Crippen molar-refractivity contribution in [2.45, 2.75) is 25.7 Å². The van der Waals surface area contributed by atoms with Gasteiger partial charge in [0.15, 0.2) is 0 Å². The molecule has 2 fully saturated rings. The van der Waals surface area contributed by atoms with E-state index in [4.69, 9.17) is 0 Å². The van der Waals surface area contributed by atoms with Crippen LogP contribution < -0.4 is 16.6 Å². The van der Waals surface area contributed by atoms with Gasteiger partial charge in [-0.25, -0.2) is 9.78 Å². The molecule has 2 aliphatic rings. The van der Waals surface area contributed by atoms with Crippen molar-refractivity contribution in [1.29, 1.82) is 0 Å².